The first-order valence-electron chi connectivity index (χ1n) is 8.44. The molecule has 0 saturated heterocycles. The highest BCUT2D eigenvalue weighted by Gasteiger charge is 2.45. The van der Waals surface area contributed by atoms with Crippen molar-refractivity contribution < 1.29 is 9.59 Å². The summed E-state index contributed by atoms with van der Waals surface area (Å²) < 4.78 is 0. The topological polar surface area (TPSA) is 40.6 Å². The van der Waals surface area contributed by atoms with Crippen molar-refractivity contribution in [1.29, 1.82) is 0 Å². The van der Waals surface area contributed by atoms with Crippen molar-refractivity contribution in [2.24, 2.45) is 5.41 Å². The maximum Gasteiger partial charge on any atom is 0.242 e. The van der Waals surface area contributed by atoms with Crippen LogP contribution in [0.4, 0.5) is 0 Å². The summed E-state index contributed by atoms with van der Waals surface area (Å²) in [6.07, 6.45) is 1.69. The summed E-state index contributed by atoms with van der Waals surface area (Å²) in [4.78, 5) is 28.3. The largest absolute Gasteiger partial charge is 0.294 e. The van der Waals surface area contributed by atoms with Crippen LogP contribution in [0.1, 0.15) is 54.3 Å². The van der Waals surface area contributed by atoms with E-state index in [-0.39, 0.29) is 23.0 Å². The van der Waals surface area contributed by atoms with E-state index in [1.165, 1.54) is 9.75 Å². The predicted octanol–water partition coefficient (Wildman–Crippen LogP) is 3.80. The van der Waals surface area contributed by atoms with Gasteiger partial charge in [-0.1, -0.05) is 13.8 Å². The molecule has 0 fully saturated rings. The van der Waals surface area contributed by atoms with Crippen LogP contribution < -0.4 is 0 Å². The first kappa shape index (κ1) is 17.4. The van der Waals surface area contributed by atoms with Gasteiger partial charge in [0.25, 0.3) is 0 Å². The number of amides is 1. The molecule has 4 nitrogen and oxygen atoms in total. The lowest BCUT2D eigenvalue weighted by atomic mass is 9.69. The van der Waals surface area contributed by atoms with E-state index in [0.717, 1.165) is 23.3 Å². The maximum atomic E-state index is 13.0. The molecule has 2 heterocycles. The minimum atomic E-state index is -0.105. The Morgan fingerprint density at radius 3 is 2.42 bits per heavy atom. The zero-order valence-electron chi connectivity index (χ0n) is 15.4. The summed E-state index contributed by atoms with van der Waals surface area (Å²) in [7, 11) is 3.74. The second-order valence-electron chi connectivity index (χ2n) is 7.98. The van der Waals surface area contributed by atoms with Crippen LogP contribution in [0.25, 0.3) is 0 Å². The van der Waals surface area contributed by atoms with Crippen molar-refractivity contribution in [3.63, 3.8) is 0 Å². The van der Waals surface area contributed by atoms with E-state index < -0.39 is 0 Å². The fourth-order valence-corrected chi connectivity index (χ4v) is 5.11. The van der Waals surface area contributed by atoms with Gasteiger partial charge in [-0.25, -0.2) is 10.0 Å². The molecule has 1 aliphatic heterocycles. The fraction of sp³-hybridized carbons (Fsp3) is 0.579. The van der Waals surface area contributed by atoms with Crippen molar-refractivity contribution in [3.05, 3.63) is 32.7 Å². The fourth-order valence-electron chi connectivity index (χ4n) is 4.13. The van der Waals surface area contributed by atoms with Gasteiger partial charge in [-0.3, -0.25) is 9.59 Å². The van der Waals surface area contributed by atoms with Crippen LogP contribution in [-0.4, -0.2) is 35.8 Å². The van der Waals surface area contributed by atoms with Gasteiger partial charge in [-0.15, -0.1) is 11.3 Å². The van der Waals surface area contributed by atoms with Crippen LogP contribution in [0.5, 0.6) is 0 Å². The van der Waals surface area contributed by atoms with E-state index >= 15 is 0 Å². The Labute approximate surface area is 148 Å². The first-order valence-corrected chi connectivity index (χ1v) is 9.26. The third kappa shape index (κ3) is 2.84. The highest BCUT2D eigenvalue weighted by molar-refractivity contribution is 7.12. The number of ketones is 1. The number of hydrazine groups is 1. The van der Waals surface area contributed by atoms with E-state index in [1.54, 1.807) is 16.3 Å². The number of Topliss-reactive ketones (excluding diaryl/α,β-unsaturated/α-hetero) is 1. The molecule has 3 rings (SSSR count). The molecule has 1 atom stereocenters. The summed E-state index contributed by atoms with van der Waals surface area (Å²) in [6.45, 7) is 8.39. The van der Waals surface area contributed by atoms with E-state index in [0.29, 0.717) is 12.8 Å². The zero-order valence-corrected chi connectivity index (χ0v) is 16.2. The molecule has 1 amide bonds. The van der Waals surface area contributed by atoms with E-state index in [4.69, 9.17) is 0 Å². The minimum absolute atomic E-state index is 0.0810. The summed E-state index contributed by atoms with van der Waals surface area (Å²) in [5.74, 6) is 0.198. The monoisotopic (exact) mass is 346 g/mol. The van der Waals surface area contributed by atoms with Gasteiger partial charge in [0.05, 0.1) is 0 Å². The molecule has 5 heteroatoms. The van der Waals surface area contributed by atoms with Gasteiger partial charge in [0.15, 0.2) is 5.78 Å². The molecule has 0 saturated carbocycles. The van der Waals surface area contributed by atoms with Crippen LogP contribution in [0.2, 0.25) is 0 Å². The van der Waals surface area contributed by atoms with Crippen molar-refractivity contribution >= 4 is 23.0 Å². The van der Waals surface area contributed by atoms with Crippen molar-refractivity contribution in [2.75, 3.05) is 14.1 Å². The number of carbonyl (C=O) groups excluding carboxylic acids is 2. The highest BCUT2D eigenvalue weighted by Crippen LogP contribution is 2.48. The van der Waals surface area contributed by atoms with Crippen LogP contribution >= 0.6 is 11.3 Å². The lowest BCUT2D eigenvalue weighted by Crippen LogP contribution is -2.49. The second kappa shape index (κ2) is 5.81. The molecule has 2 aliphatic rings. The van der Waals surface area contributed by atoms with Crippen molar-refractivity contribution in [2.45, 2.75) is 52.9 Å². The Hall–Kier alpha value is -1.46. The number of carbonyl (C=O) groups is 2. The number of nitrogens with zero attached hydrogens (tertiary/aromatic N) is 2. The molecule has 0 aromatic carbocycles. The molecule has 0 spiro atoms. The third-order valence-electron chi connectivity index (χ3n) is 4.97. The molecule has 0 bridgehead atoms. The Morgan fingerprint density at radius 1 is 1.21 bits per heavy atom. The Bertz CT molecular complexity index is 743. The van der Waals surface area contributed by atoms with Gasteiger partial charge >= 0.3 is 0 Å². The summed E-state index contributed by atoms with van der Waals surface area (Å²) in [5, 5.41) is 3.54. The van der Waals surface area contributed by atoms with Crippen LogP contribution in [-0.2, 0) is 9.59 Å². The number of hydrogen-bond donors (Lipinski definition) is 0. The van der Waals surface area contributed by atoms with Crippen LogP contribution in [0, 0.1) is 19.3 Å². The summed E-state index contributed by atoms with van der Waals surface area (Å²) >= 11 is 1.74. The smallest absolute Gasteiger partial charge is 0.242 e. The van der Waals surface area contributed by atoms with E-state index in [2.05, 4.69) is 33.8 Å². The van der Waals surface area contributed by atoms with Crippen LogP contribution in [0.3, 0.4) is 0 Å². The molecular formula is C19H26N2O2S. The molecule has 0 radical (unpaired) electrons. The Balaban J connectivity index is 2.19. The van der Waals surface area contributed by atoms with E-state index in [9.17, 15) is 9.59 Å². The number of rotatable bonds is 2. The van der Waals surface area contributed by atoms with Gasteiger partial charge in [0, 0.05) is 53.9 Å². The molecule has 1 aromatic heterocycles. The zero-order chi connectivity index (χ0) is 17.8. The Kier molecular flexibility index (Phi) is 4.21. The lowest BCUT2D eigenvalue weighted by molar-refractivity contribution is -0.143. The van der Waals surface area contributed by atoms with E-state index in [1.807, 2.05) is 19.1 Å². The first-order chi connectivity index (χ1) is 11.1. The Morgan fingerprint density at radius 2 is 1.88 bits per heavy atom. The van der Waals surface area contributed by atoms with Crippen molar-refractivity contribution in [3.8, 4) is 0 Å². The van der Waals surface area contributed by atoms with Gasteiger partial charge in [-0.2, -0.15) is 0 Å². The molecule has 0 N–H and O–H groups in total. The molecule has 24 heavy (non-hydrogen) atoms. The number of thiophene rings is 1. The third-order valence-corrected chi connectivity index (χ3v) is 5.95. The van der Waals surface area contributed by atoms with Gasteiger partial charge in [-0.05, 0) is 37.3 Å². The average molecular weight is 346 g/mol. The average Bonchev–Trinajstić information content (AvgIpc) is 2.74. The second-order valence-corrected chi connectivity index (χ2v) is 9.44. The SMILES string of the molecule is Cc1cc(C2CC(=O)N(N(C)C)C3=C2C(=O)CC(C)(C)C3)c(C)s1. The number of hydrogen-bond acceptors (Lipinski definition) is 4. The molecule has 1 aliphatic carbocycles. The maximum absolute atomic E-state index is 13.0. The minimum Gasteiger partial charge on any atom is -0.294 e. The molecular weight excluding hydrogens is 320 g/mol. The molecule has 130 valence electrons. The lowest BCUT2D eigenvalue weighted by Gasteiger charge is -2.44. The van der Waals surface area contributed by atoms with Crippen LogP contribution in [0.15, 0.2) is 17.3 Å². The summed E-state index contributed by atoms with van der Waals surface area (Å²) in [5.41, 5.74) is 2.82. The van der Waals surface area contributed by atoms with Gasteiger partial charge < -0.3 is 0 Å². The quantitative estimate of drug-likeness (QED) is 0.818. The summed E-state index contributed by atoms with van der Waals surface area (Å²) in [6, 6.07) is 2.15. The molecule has 1 aromatic rings. The van der Waals surface area contributed by atoms with Gasteiger partial charge in [0.2, 0.25) is 5.91 Å². The molecule has 1 unspecified atom stereocenters. The normalized spacial score (nSPS) is 24.0. The number of aryl methyl sites for hydroxylation is 2. The standard InChI is InChI=1S/C19H26N2O2S/c1-11-7-13(12(2)24-11)14-8-17(23)21(20(5)6)15-9-19(3,4)10-16(22)18(14)15/h7,14H,8-10H2,1-6H3. The highest BCUT2D eigenvalue weighted by atomic mass is 32.1. The number of allylic oxidation sites excluding steroid dienone is 2. The van der Waals surface area contributed by atoms with Gasteiger partial charge in [0.1, 0.15) is 0 Å². The predicted molar refractivity (Wildman–Crippen MR) is 96.7 cm³/mol. The van der Waals surface area contributed by atoms with Crippen molar-refractivity contribution in [1.82, 2.24) is 10.0 Å².